The number of nitrogens with one attached hydrogen (secondary N) is 1. The Kier molecular flexibility index (Phi) is 9.21. The zero-order valence-electron chi connectivity index (χ0n) is 27.9. The van der Waals surface area contributed by atoms with E-state index >= 15 is 0 Å². The summed E-state index contributed by atoms with van der Waals surface area (Å²) in [6.45, 7) is 6.09. The number of hydrogen-bond donors (Lipinski definition) is 2. The number of carbonyl (C=O) groups excluding carboxylic acids is 2. The maximum atomic E-state index is 14.6. The highest BCUT2D eigenvalue weighted by Gasteiger charge is 2.33. The molecule has 5 aromatic rings. The van der Waals surface area contributed by atoms with Gasteiger partial charge >= 0.3 is 0 Å². The lowest BCUT2D eigenvalue weighted by molar-refractivity contribution is 0.0193. The number of fused-ring (bicyclic) bond motifs is 1. The molecule has 0 spiro atoms. The number of aromatic amines is 1. The van der Waals surface area contributed by atoms with E-state index in [0.29, 0.717) is 64.2 Å². The zero-order chi connectivity index (χ0) is 34.9. The fourth-order valence-corrected chi connectivity index (χ4v) is 7.11. The number of nitrogens with zero attached hydrogens (tertiary/aromatic N) is 5. The number of nitriles is 1. The highest BCUT2D eigenvalue weighted by Crippen LogP contribution is 2.36. The number of H-pyrrole nitrogens is 1. The van der Waals surface area contributed by atoms with E-state index in [1.165, 1.54) is 22.6 Å². The van der Waals surface area contributed by atoms with Crippen LogP contribution in [0.1, 0.15) is 43.2 Å². The lowest BCUT2D eigenvalue weighted by Gasteiger charge is -2.40. The quantitative estimate of drug-likeness (QED) is 0.203. The number of morpholine rings is 1. The Morgan fingerprint density at radius 3 is 2.50 bits per heavy atom. The third-order valence-electron chi connectivity index (χ3n) is 9.80. The molecule has 2 N–H and O–H groups in total. The average molecular weight is 689 g/mol. The largest absolute Gasteiger partial charge is 0.508 e. The Labute approximate surface area is 295 Å². The minimum Gasteiger partial charge on any atom is -0.508 e. The number of phenolic OH excluding ortho intramolecular Hbond substituents is 1. The molecule has 2 aromatic heterocycles. The first-order chi connectivity index (χ1) is 24.2. The van der Waals surface area contributed by atoms with E-state index in [1.807, 2.05) is 24.0 Å². The Morgan fingerprint density at radius 2 is 1.78 bits per heavy atom. The molecule has 50 heavy (non-hydrogen) atoms. The average Bonchev–Trinajstić information content (AvgIpc) is 3.74. The Morgan fingerprint density at radius 1 is 1.04 bits per heavy atom. The number of halogens is 1. The van der Waals surface area contributed by atoms with Crippen LogP contribution in [0.4, 0.5) is 11.4 Å². The molecule has 0 aliphatic carbocycles. The molecule has 2 aliphatic rings. The molecular weight excluding hydrogens is 652 g/mol. The molecule has 11 heteroatoms. The second-order valence-electron chi connectivity index (χ2n) is 12.8. The summed E-state index contributed by atoms with van der Waals surface area (Å²) >= 11 is 6.54. The number of benzene rings is 3. The molecule has 10 nitrogen and oxygen atoms in total. The van der Waals surface area contributed by atoms with Crippen LogP contribution in [-0.4, -0.2) is 75.2 Å². The molecule has 0 bridgehead atoms. The number of phenols is 1. The Balaban J connectivity index is 1.24. The van der Waals surface area contributed by atoms with Crippen LogP contribution in [0.15, 0.2) is 85.1 Å². The third-order valence-corrected chi connectivity index (χ3v) is 10.0. The van der Waals surface area contributed by atoms with Gasteiger partial charge in [-0.05, 0) is 79.1 Å². The summed E-state index contributed by atoms with van der Waals surface area (Å²) in [5.41, 5.74) is 6.54. The van der Waals surface area contributed by atoms with Crippen molar-refractivity contribution in [3.63, 3.8) is 0 Å². The van der Waals surface area contributed by atoms with Crippen LogP contribution in [0, 0.1) is 18.3 Å². The summed E-state index contributed by atoms with van der Waals surface area (Å²) in [5.74, 6) is -0.402. The van der Waals surface area contributed by atoms with Crippen molar-refractivity contribution in [2.75, 3.05) is 37.7 Å². The van der Waals surface area contributed by atoms with Crippen molar-refractivity contribution < 1.29 is 19.4 Å². The first-order valence-corrected chi connectivity index (χ1v) is 17.0. The van der Waals surface area contributed by atoms with Crippen molar-refractivity contribution in [1.29, 1.82) is 5.26 Å². The van der Waals surface area contributed by atoms with Crippen molar-refractivity contribution >= 4 is 34.8 Å². The van der Waals surface area contributed by atoms with E-state index < -0.39 is 0 Å². The van der Waals surface area contributed by atoms with Crippen LogP contribution < -0.4 is 4.90 Å². The Hall–Kier alpha value is -5.34. The standard InChI is InChI=1S/C39H37ClN6O4/c1-25-37(20-31(21-41)43(25)2)46(30-8-10-33(47)11-9-30)38(48)28-18-36(42-22-28)35-19-29(40)7-12-34(35)39(49)45-23-27-6-4-3-5-26(27)17-32(45)24-44-13-15-50-16-14-44/h3-12,18-20,22,32,42,47H,13-17,23-24H2,1-2H3/t32-/m0/s1. The number of hydrogen-bond acceptors (Lipinski definition) is 6. The van der Waals surface area contributed by atoms with Gasteiger partial charge in [0.25, 0.3) is 11.8 Å². The molecule has 2 aliphatic heterocycles. The van der Waals surface area contributed by atoms with Crippen molar-refractivity contribution in [3.8, 4) is 23.1 Å². The van der Waals surface area contributed by atoms with E-state index in [-0.39, 0.29) is 23.6 Å². The predicted molar refractivity (Wildman–Crippen MR) is 192 cm³/mol. The highest BCUT2D eigenvalue weighted by molar-refractivity contribution is 6.31. The molecule has 4 heterocycles. The van der Waals surface area contributed by atoms with Crippen molar-refractivity contribution in [1.82, 2.24) is 19.4 Å². The molecule has 254 valence electrons. The highest BCUT2D eigenvalue weighted by atomic mass is 35.5. The number of rotatable bonds is 7. The second kappa shape index (κ2) is 13.9. The van der Waals surface area contributed by atoms with Gasteiger partial charge in [-0.25, -0.2) is 0 Å². The smallest absolute Gasteiger partial charge is 0.264 e. The number of amides is 2. The summed E-state index contributed by atoms with van der Waals surface area (Å²) < 4.78 is 7.31. The lowest BCUT2D eigenvalue weighted by atomic mass is 9.92. The monoisotopic (exact) mass is 688 g/mol. The molecule has 1 saturated heterocycles. The maximum absolute atomic E-state index is 14.6. The van der Waals surface area contributed by atoms with Gasteiger partial charge in [-0.1, -0.05) is 35.9 Å². The van der Waals surface area contributed by atoms with Crippen LogP contribution in [0.25, 0.3) is 11.3 Å². The zero-order valence-corrected chi connectivity index (χ0v) is 28.7. The van der Waals surface area contributed by atoms with Crippen LogP contribution in [0.3, 0.4) is 0 Å². The van der Waals surface area contributed by atoms with Gasteiger partial charge in [0.05, 0.1) is 24.5 Å². The van der Waals surface area contributed by atoms with Crippen molar-refractivity contribution in [3.05, 3.63) is 124 Å². The molecule has 0 unspecified atom stereocenters. The van der Waals surface area contributed by atoms with Gasteiger partial charge < -0.3 is 24.3 Å². The molecule has 1 fully saturated rings. The van der Waals surface area contributed by atoms with E-state index in [4.69, 9.17) is 16.3 Å². The number of anilines is 2. The summed E-state index contributed by atoms with van der Waals surface area (Å²) in [6, 6.07) is 25.4. The van der Waals surface area contributed by atoms with Crippen LogP contribution in [0.2, 0.25) is 5.02 Å². The van der Waals surface area contributed by atoms with Gasteiger partial charge in [-0.2, -0.15) is 5.26 Å². The molecule has 0 radical (unpaired) electrons. The first-order valence-electron chi connectivity index (χ1n) is 16.6. The number of aromatic nitrogens is 2. The van der Waals surface area contributed by atoms with E-state index in [9.17, 15) is 20.0 Å². The number of carbonyl (C=O) groups is 2. The van der Waals surface area contributed by atoms with Crippen molar-refractivity contribution in [2.24, 2.45) is 7.05 Å². The van der Waals surface area contributed by atoms with E-state index in [1.54, 1.807) is 60.3 Å². The normalized spacial score (nSPS) is 16.1. The molecule has 0 saturated carbocycles. The fourth-order valence-electron chi connectivity index (χ4n) is 6.94. The second-order valence-corrected chi connectivity index (χ2v) is 13.2. The third kappa shape index (κ3) is 6.39. The van der Waals surface area contributed by atoms with Gasteiger partial charge in [0, 0.05) is 78.7 Å². The van der Waals surface area contributed by atoms with Gasteiger partial charge in [-0.15, -0.1) is 0 Å². The summed E-state index contributed by atoms with van der Waals surface area (Å²) in [7, 11) is 1.77. The number of ether oxygens (including phenoxy) is 1. The Bertz CT molecular complexity index is 2110. The molecule has 7 rings (SSSR count). The number of aromatic hydroxyl groups is 1. The fraction of sp³-hybridized carbons (Fsp3) is 0.256. The molecular formula is C39H37ClN6O4. The van der Waals surface area contributed by atoms with E-state index in [2.05, 4.69) is 28.1 Å². The van der Waals surface area contributed by atoms with Gasteiger partial charge in [0.15, 0.2) is 0 Å². The molecule has 1 atom stereocenters. The predicted octanol–water partition coefficient (Wildman–Crippen LogP) is 6.44. The minimum absolute atomic E-state index is 0.0360. The maximum Gasteiger partial charge on any atom is 0.264 e. The van der Waals surface area contributed by atoms with Gasteiger partial charge in [0.2, 0.25) is 0 Å². The topological polar surface area (TPSA) is 118 Å². The molecule has 2 amide bonds. The summed E-state index contributed by atoms with van der Waals surface area (Å²) in [4.78, 5) is 38.1. The van der Waals surface area contributed by atoms with Gasteiger partial charge in [-0.3, -0.25) is 19.4 Å². The van der Waals surface area contributed by atoms with E-state index in [0.717, 1.165) is 37.3 Å². The van der Waals surface area contributed by atoms with Crippen LogP contribution in [-0.2, 0) is 24.8 Å². The lowest BCUT2D eigenvalue weighted by Crippen LogP contribution is -2.52. The van der Waals surface area contributed by atoms with Crippen LogP contribution in [0.5, 0.6) is 5.75 Å². The van der Waals surface area contributed by atoms with Gasteiger partial charge in [0.1, 0.15) is 17.5 Å². The summed E-state index contributed by atoms with van der Waals surface area (Å²) in [5, 5.41) is 20.1. The summed E-state index contributed by atoms with van der Waals surface area (Å²) in [6.07, 6.45) is 2.37. The minimum atomic E-state index is -0.357. The van der Waals surface area contributed by atoms with Crippen LogP contribution >= 0.6 is 11.6 Å². The SMILES string of the molecule is Cc1c(N(C(=O)c2c[nH]c(-c3cc(Cl)ccc3C(=O)N3Cc4ccccc4C[C@H]3CN3CCOCC3)c2)c2ccc(O)cc2)cc(C#N)n1C. The van der Waals surface area contributed by atoms with Crippen molar-refractivity contribution in [2.45, 2.75) is 25.9 Å². The first kappa shape index (κ1) is 33.2. The molecule has 3 aromatic carbocycles.